The van der Waals surface area contributed by atoms with Crippen molar-refractivity contribution >= 4 is 28.3 Å². The number of ether oxygens (including phenoxy) is 2. The SMILES string of the molecule is CC1C(c2ccc(C(F)(F)F)cc2)=CC=CC1(Nc1nccc2cc(CN3CCCCC3CC(=O)O)cnc12)OCCCN1CCOCC1. The second-order valence-electron chi connectivity index (χ2n) is 13.1. The standard InChI is InChI=1S/C37H44F3N5O4/c1-26-32(28-8-10-30(11-9-28)37(38,39)40)7-4-13-36(26,49-19-5-15-44-17-20-48-21-18-44)43-35-34-29(12-14-41-35)22-27(24-42-34)25-45-16-3-2-6-31(45)23-33(46)47/h4,7-14,22,24,26,31H,2-3,5-6,15-21,23,25H2,1H3,(H,41,43)(H,46,47). The predicted octanol–water partition coefficient (Wildman–Crippen LogP) is 6.61. The third kappa shape index (κ3) is 8.49. The number of nitrogens with one attached hydrogen (secondary N) is 1. The second kappa shape index (κ2) is 15.4. The van der Waals surface area contributed by atoms with E-state index in [1.54, 1.807) is 6.20 Å². The number of pyridine rings is 2. The Labute approximate surface area is 284 Å². The van der Waals surface area contributed by atoms with Gasteiger partial charge in [0.2, 0.25) is 0 Å². The summed E-state index contributed by atoms with van der Waals surface area (Å²) in [6.07, 6.45) is 8.74. The van der Waals surface area contributed by atoms with Crippen LogP contribution in [0, 0.1) is 5.92 Å². The molecule has 0 amide bonds. The maximum Gasteiger partial charge on any atom is 0.416 e. The number of aromatic nitrogens is 2. The lowest BCUT2D eigenvalue weighted by Gasteiger charge is -2.41. The van der Waals surface area contributed by atoms with Crippen molar-refractivity contribution in [3.8, 4) is 0 Å². The zero-order valence-corrected chi connectivity index (χ0v) is 27.8. The van der Waals surface area contributed by atoms with Crippen molar-refractivity contribution in [3.05, 3.63) is 83.7 Å². The third-order valence-corrected chi connectivity index (χ3v) is 9.85. The molecule has 6 rings (SSSR count). The van der Waals surface area contributed by atoms with Crippen LogP contribution in [0.15, 0.2) is 67.0 Å². The van der Waals surface area contributed by atoms with Crippen LogP contribution in [-0.2, 0) is 27.0 Å². The van der Waals surface area contributed by atoms with Gasteiger partial charge in [-0.1, -0.05) is 37.6 Å². The van der Waals surface area contributed by atoms with Crippen LogP contribution >= 0.6 is 0 Å². The van der Waals surface area contributed by atoms with E-state index in [0.717, 1.165) is 93.7 Å². The molecule has 0 radical (unpaired) electrons. The summed E-state index contributed by atoms with van der Waals surface area (Å²) in [5, 5.41) is 13.9. The largest absolute Gasteiger partial charge is 0.481 e. The summed E-state index contributed by atoms with van der Waals surface area (Å²) in [7, 11) is 0. The van der Waals surface area contributed by atoms with Gasteiger partial charge < -0.3 is 19.9 Å². The Kier molecular flexibility index (Phi) is 11.0. The summed E-state index contributed by atoms with van der Waals surface area (Å²) in [6, 6.07) is 9.23. The molecule has 1 aromatic carbocycles. The minimum absolute atomic E-state index is 0.00311. The molecule has 49 heavy (non-hydrogen) atoms. The van der Waals surface area contributed by atoms with E-state index < -0.39 is 23.4 Å². The quantitative estimate of drug-likeness (QED) is 0.162. The first-order valence-corrected chi connectivity index (χ1v) is 17.1. The van der Waals surface area contributed by atoms with Crippen molar-refractivity contribution in [2.45, 2.75) is 63.5 Å². The first kappa shape index (κ1) is 35.0. The number of rotatable bonds is 12. The van der Waals surface area contributed by atoms with E-state index in [1.165, 1.54) is 12.1 Å². The van der Waals surface area contributed by atoms with Gasteiger partial charge in [-0.05, 0) is 72.8 Å². The van der Waals surface area contributed by atoms with Crippen LogP contribution in [0.5, 0.6) is 0 Å². The molecule has 0 spiro atoms. The molecule has 3 unspecified atom stereocenters. The average Bonchev–Trinajstić information content (AvgIpc) is 3.09. The Morgan fingerprint density at radius 2 is 1.92 bits per heavy atom. The van der Waals surface area contributed by atoms with Gasteiger partial charge in [-0.15, -0.1) is 0 Å². The molecule has 4 heterocycles. The topological polar surface area (TPSA) is 100 Å². The molecule has 3 aromatic rings. The van der Waals surface area contributed by atoms with E-state index >= 15 is 0 Å². The van der Waals surface area contributed by atoms with E-state index in [9.17, 15) is 23.1 Å². The van der Waals surface area contributed by atoms with Gasteiger partial charge in [0.25, 0.3) is 0 Å². The summed E-state index contributed by atoms with van der Waals surface area (Å²) < 4.78 is 52.2. The molecule has 2 fully saturated rings. The minimum Gasteiger partial charge on any atom is -0.481 e. The molecule has 9 nitrogen and oxygen atoms in total. The van der Waals surface area contributed by atoms with Gasteiger partial charge in [0.05, 0.1) is 31.8 Å². The number of hydrogen-bond acceptors (Lipinski definition) is 8. The van der Waals surface area contributed by atoms with E-state index in [1.807, 2.05) is 37.4 Å². The summed E-state index contributed by atoms with van der Waals surface area (Å²) in [5.41, 5.74) is 1.43. The smallest absolute Gasteiger partial charge is 0.416 e. The molecule has 3 aliphatic rings. The molecule has 2 aromatic heterocycles. The number of piperidine rings is 1. The lowest BCUT2D eigenvalue weighted by molar-refractivity contribution is -0.139. The molecule has 2 N–H and O–H groups in total. The van der Waals surface area contributed by atoms with Crippen molar-refractivity contribution in [2.75, 3.05) is 51.3 Å². The Morgan fingerprint density at radius 1 is 1.12 bits per heavy atom. The number of morpholine rings is 1. The fourth-order valence-electron chi connectivity index (χ4n) is 7.13. The molecule has 2 aliphatic heterocycles. The first-order chi connectivity index (χ1) is 23.6. The fourth-order valence-corrected chi connectivity index (χ4v) is 7.13. The van der Waals surface area contributed by atoms with Gasteiger partial charge in [0.1, 0.15) is 5.52 Å². The molecular formula is C37H44F3N5O4. The van der Waals surface area contributed by atoms with Crippen LogP contribution in [0.3, 0.4) is 0 Å². The molecule has 0 saturated carbocycles. The van der Waals surface area contributed by atoms with Gasteiger partial charge in [0.15, 0.2) is 11.5 Å². The first-order valence-electron chi connectivity index (χ1n) is 17.1. The molecule has 262 valence electrons. The summed E-state index contributed by atoms with van der Waals surface area (Å²) in [5.74, 6) is -0.557. The summed E-state index contributed by atoms with van der Waals surface area (Å²) in [4.78, 5) is 25.6. The zero-order chi connectivity index (χ0) is 34.4. The Hall–Kier alpha value is -3.84. The maximum atomic E-state index is 13.3. The highest BCUT2D eigenvalue weighted by atomic mass is 19.4. The van der Waals surface area contributed by atoms with Crippen LogP contribution in [0.4, 0.5) is 19.0 Å². The highest BCUT2D eigenvalue weighted by molar-refractivity contribution is 5.89. The molecule has 2 saturated heterocycles. The normalized spacial score (nSPS) is 23.8. The van der Waals surface area contributed by atoms with Gasteiger partial charge >= 0.3 is 12.1 Å². The number of halogens is 3. The van der Waals surface area contributed by atoms with E-state index in [4.69, 9.17) is 14.5 Å². The van der Waals surface area contributed by atoms with E-state index in [2.05, 4.69) is 26.2 Å². The van der Waals surface area contributed by atoms with Crippen molar-refractivity contribution in [2.24, 2.45) is 5.92 Å². The lowest BCUT2D eigenvalue weighted by atomic mass is 9.81. The number of carboxylic acid groups (broad SMARTS) is 1. The number of benzene rings is 1. The van der Waals surface area contributed by atoms with E-state index in [0.29, 0.717) is 30.0 Å². The number of alkyl halides is 3. The van der Waals surface area contributed by atoms with Gasteiger partial charge in [-0.3, -0.25) is 19.6 Å². The Morgan fingerprint density at radius 3 is 2.67 bits per heavy atom. The second-order valence-corrected chi connectivity index (χ2v) is 13.1. The lowest BCUT2D eigenvalue weighted by Crippen LogP contribution is -2.48. The van der Waals surface area contributed by atoms with Gasteiger partial charge in [-0.25, -0.2) is 4.98 Å². The average molecular weight is 680 g/mol. The summed E-state index contributed by atoms with van der Waals surface area (Å²) >= 11 is 0. The predicted molar refractivity (Wildman–Crippen MR) is 182 cm³/mol. The molecule has 3 atom stereocenters. The van der Waals surface area contributed by atoms with Crippen LogP contribution in [-0.4, -0.2) is 88.6 Å². The van der Waals surface area contributed by atoms with Gasteiger partial charge in [-0.2, -0.15) is 13.2 Å². The van der Waals surface area contributed by atoms with Crippen molar-refractivity contribution in [1.82, 2.24) is 19.8 Å². The number of nitrogens with zero attached hydrogens (tertiary/aromatic N) is 4. The van der Waals surface area contributed by atoms with Crippen molar-refractivity contribution < 1.29 is 32.5 Å². The number of allylic oxidation sites excluding steroid dienone is 2. The number of fused-ring (bicyclic) bond motifs is 1. The van der Waals surface area contributed by atoms with Crippen molar-refractivity contribution in [1.29, 1.82) is 0 Å². The number of carboxylic acids is 1. The number of hydrogen-bond donors (Lipinski definition) is 2. The number of likely N-dealkylation sites (tertiary alicyclic amines) is 1. The van der Waals surface area contributed by atoms with Crippen LogP contribution in [0.25, 0.3) is 16.5 Å². The number of aliphatic carboxylic acids is 1. The molecular weight excluding hydrogens is 635 g/mol. The van der Waals surface area contributed by atoms with Crippen LogP contribution < -0.4 is 5.32 Å². The number of carbonyl (C=O) groups is 1. The minimum atomic E-state index is -4.42. The van der Waals surface area contributed by atoms with Crippen LogP contribution in [0.1, 0.15) is 55.7 Å². The van der Waals surface area contributed by atoms with Gasteiger partial charge in [0, 0.05) is 55.9 Å². The highest BCUT2D eigenvalue weighted by Gasteiger charge is 2.40. The third-order valence-electron chi connectivity index (χ3n) is 9.85. The van der Waals surface area contributed by atoms with Crippen molar-refractivity contribution in [3.63, 3.8) is 0 Å². The monoisotopic (exact) mass is 679 g/mol. The molecule has 0 bridgehead atoms. The molecule has 1 aliphatic carbocycles. The highest BCUT2D eigenvalue weighted by Crippen LogP contribution is 2.41. The maximum absolute atomic E-state index is 13.3. The Bertz CT molecular complexity index is 1660. The summed E-state index contributed by atoms with van der Waals surface area (Å²) in [6.45, 7) is 7.97. The zero-order valence-electron chi connectivity index (χ0n) is 27.8. The van der Waals surface area contributed by atoms with E-state index in [-0.39, 0.29) is 18.4 Å². The number of anilines is 1. The van der Waals surface area contributed by atoms with Crippen LogP contribution in [0.2, 0.25) is 0 Å². The fraction of sp³-hybridized carbons (Fsp3) is 0.486. The molecule has 12 heteroatoms. The Balaban J connectivity index is 1.25.